The van der Waals surface area contributed by atoms with E-state index in [1.54, 1.807) is 0 Å². The third-order valence-corrected chi connectivity index (χ3v) is 2.32. The maximum Gasteiger partial charge on any atom is 0.0419 e. The zero-order valence-corrected chi connectivity index (χ0v) is 8.74. The summed E-state index contributed by atoms with van der Waals surface area (Å²) in [5.74, 6) is 5.48. The van der Waals surface area contributed by atoms with Gasteiger partial charge in [-0.25, -0.2) is 0 Å². The van der Waals surface area contributed by atoms with Crippen molar-refractivity contribution in [3.8, 4) is 0 Å². The summed E-state index contributed by atoms with van der Waals surface area (Å²) < 4.78 is 0. The summed E-state index contributed by atoms with van der Waals surface area (Å²) in [6.07, 6.45) is 6.27. The molecule has 0 amide bonds. The van der Waals surface area contributed by atoms with Crippen LogP contribution in [0.1, 0.15) is 31.9 Å². The molecule has 14 heavy (non-hydrogen) atoms. The van der Waals surface area contributed by atoms with Gasteiger partial charge in [-0.1, -0.05) is 25.8 Å². The highest BCUT2D eigenvalue weighted by atomic mass is 15.2. The van der Waals surface area contributed by atoms with E-state index in [4.69, 9.17) is 5.84 Å². The quantitative estimate of drug-likeness (QED) is 0.533. The van der Waals surface area contributed by atoms with Crippen LogP contribution >= 0.6 is 0 Å². The Hall–Kier alpha value is -0.930. The van der Waals surface area contributed by atoms with Crippen molar-refractivity contribution in [2.24, 2.45) is 5.84 Å². The van der Waals surface area contributed by atoms with Crippen LogP contribution < -0.4 is 11.3 Å². The molecular weight excluding hydrogens is 174 g/mol. The van der Waals surface area contributed by atoms with Gasteiger partial charge in [-0.3, -0.25) is 16.3 Å². The Balaban J connectivity index is 2.40. The van der Waals surface area contributed by atoms with Gasteiger partial charge in [-0.2, -0.15) is 0 Å². The second-order valence-electron chi connectivity index (χ2n) is 3.53. The highest BCUT2D eigenvalue weighted by Gasteiger charge is 2.06. The van der Waals surface area contributed by atoms with E-state index in [-0.39, 0.29) is 0 Å². The Bertz CT molecular complexity index is 236. The van der Waals surface area contributed by atoms with E-state index >= 15 is 0 Å². The van der Waals surface area contributed by atoms with E-state index < -0.39 is 0 Å². The van der Waals surface area contributed by atoms with Crippen molar-refractivity contribution in [2.45, 2.75) is 38.6 Å². The standard InChI is InChI=1S/C11H19N3/c1-2-3-6-11(14-12)9-10-7-4-5-8-13-10/h4-5,7-8,11,14H,2-3,6,9,12H2,1H3. The molecular formula is C11H19N3. The maximum absolute atomic E-state index is 5.48. The predicted octanol–water partition coefficient (Wildman–Crippen LogP) is 1.65. The van der Waals surface area contributed by atoms with E-state index in [1.807, 2.05) is 24.4 Å². The van der Waals surface area contributed by atoms with Crippen molar-refractivity contribution in [1.29, 1.82) is 0 Å². The Morgan fingerprint density at radius 1 is 1.50 bits per heavy atom. The molecule has 0 aromatic carbocycles. The van der Waals surface area contributed by atoms with E-state index in [0.717, 1.165) is 18.5 Å². The normalized spacial score (nSPS) is 12.7. The highest BCUT2D eigenvalue weighted by Crippen LogP contribution is 2.05. The van der Waals surface area contributed by atoms with Crippen LogP contribution in [0, 0.1) is 0 Å². The number of hydrogen-bond acceptors (Lipinski definition) is 3. The molecule has 0 aliphatic rings. The molecule has 0 radical (unpaired) electrons. The lowest BCUT2D eigenvalue weighted by Gasteiger charge is -2.14. The van der Waals surface area contributed by atoms with Crippen LogP contribution in [0.3, 0.4) is 0 Å². The molecule has 1 rings (SSSR count). The van der Waals surface area contributed by atoms with Gasteiger partial charge in [0, 0.05) is 24.4 Å². The zero-order chi connectivity index (χ0) is 10.2. The number of nitrogens with two attached hydrogens (primary N) is 1. The molecule has 3 nitrogen and oxygen atoms in total. The van der Waals surface area contributed by atoms with Crippen LogP contribution in [0.15, 0.2) is 24.4 Å². The molecule has 1 atom stereocenters. The Morgan fingerprint density at radius 2 is 2.36 bits per heavy atom. The average Bonchev–Trinajstić information content (AvgIpc) is 2.25. The van der Waals surface area contributed by atoms with E-state index in [2.05, 4.69) is 17.3 Å². The van der Waals surface area contributed by atoms with Gasteiger partial charge in [-0.15, -0.1) is 0 Å². The van der Waals surface area contributed by atoms with Gasteiger partial charge in [0.15, 0.2) is 0 Å². The SMILES string of the molecule is CCCCC(Cc1ccccn1)NN. The van der Waals surface area contributed by atoms with Gasteiger partial charge in [0.05, 0.1) is 0 Å². The topological polar surface area (TPSA) is 50.9 Å². The second kappa shape index (κ2) is 6.51. The van der Waals surface area contributed by atoms with Crippen molar-refractivity contribution < 1.29 is 0 Å². The molecule has 0 bridgehead atoms. The van der Waals surface area contributed by atoms with E-state index in [1.165, 1.54) is 12.8 Å². The molecule has 1 aromatic heterocycles. The molecule has 0 aliphatic heterocycles. The number of hydrogen-bond donors (Lipinski definition) is 2. The van der Waals surface area contributed by atoms with Gasteiger partial charge < -0.3 is 0 Å². The monoisotopic (exact) mass is 193 g/mol. The molecule has 0 fully saturated rings. The molecule has 0 aliphatic carbocycles. The van der Waals surface area contributed by atoms with E-state index in [9.17, 15) is 0 Å². The first-order valence-electron chi connectivity index (χ1n) is 5.22. The molecule has 0 saturated heterocycles. The van der Waals surface area contributed by atoms with Crippen LogP contribution in [-0.2, 0) is 6.42 Å². The predicted molar refractivity (Wildman–Crippen MR) is 58.6 cm³/mol. The number of nitrogens with one attached hydrogen (secondary N) is 1. The summed E-state index contributed by atoms with van der Waals surface area (Å²) in [4.78, 5) is 4.28. The largest absolute Gasteiger partial charge is 0.271 e. The van der Waals surface area contributed by atoms with Crippen LogP contribution in [0.2, 0.25) is 0 Å². The van der Waals surface area contributed by atoms with Crippen molar-refractivity contribution in [2.75, 3.05) is 0 Å². The fourth-order valence-electron chi connectivity index (χ4n) is 1.47. The minimum Gasteiger partial charge on any atom is -0.271 e. The summed E-state index contributed by atoms with van der Waals surface area (Å²) in [5, 5.41) is 0. The van der Waals surface area contributed by atoms with Crippen molar-refractivity contribution in [3.63, 3.8) is 0 Å². The van der Waals surface area contributed by atoms with Gasteiger partial charge in [0.2, 0.25) is 0 Å². The summed E-state index contributed by atoms with van der Waals surface area (Å²) in [6.45, 7) is 2.19. The molecule has 78 valence electrons. The van der Waals surface area contributed by atoms with Crippen LogP contribution in [-0.4, -0.2) is 11.0 Å². The summed E-state index contributed by atoms with van der Waals surface area (Å²) in [6, 6.07) is 6.33. The lowest BCUT2D eigenvalue weighted by molar-refractivity contribution is 0.470. The first-order chi connectivity index (χ1) is 6.86. The summed E-state index contributed by atoms with van der Waals surface area (Å²) >= 11 is 0. The Kier molecular flexibility index (Phi) is 5.19. The van der Waals surface area contributed by atoms with Crippen molar-refractivity contribution in [1.82, 2.24) is 10.4 Å². The molecule has 3 heteroatoms. The molecule has 0 spiro atoms. The molecule has 1 aromatic rings. The minimum atomic E-state index is 0.352. The fourth-order valence-corrected chi connectivity index (χ4v) is 1.47. The zero-order valence-electron chi connectivity index (χ0n) is 8.74. The molecule has 1 unspecified atom stereocenters. The number of aromatic nitrogens is 1. The first kappa shape index (κ1) is 11.1. The van der Waals surface area contributed by atoms with Gasteiger partial charge >= 0.3 is 0 Å². The van der Waals surface area contributed by atoms with Crippen molar-refractivity contribution in [3.05, 3.63) is 30.1 Å². The number of nitrogens with zero attached hydrogens (tertiary/aromatic N) is 1. The summed E-state index contributed by atoms with van der Waals surface area (Å²) in [7, 11) is 0. The number of rotatable bonds is 6. The second-order valence-corrected chi connectivity index (χ2v) is 3.53. The Morgan fingerprint density at radius 3 is 2.93 bits per heavy atom. The third-order valence-electron chi connectivity index (χ3n) is 2.32. The van der Waals surface area contributed by atoms with Gasteiger partial charge in [0.25, 0.3) is 0 Å². The van der Waals surface area contributed by atoms with Gasteiger partial charge in [-0.05, 0) is 18.6 Å². The number of hydrazine groups is 1. The smallest absolute Gasteiger partial charge is 0.0419 e. The van der Waals surface area contributed by atoms with Crippen molar-refractivity contribution >= 4 is 0 Å². The van der Waals surface area contributed by atoms with Crippen LogP contribution in [0.4, 0.5) is 0 Å². The molecule has 1 heterocycles. The molecule has 3 N–H and O–H groups in total. The van der Waals surface area contributed by atoms with E-state index in [0.29, 0.717) is 6.04 Å². The van der Waals surface area contributed by atoms with Crippen LogP contribution in [0.25, 0.3) is 0 Å². The summed E-state index contributed by atoms with van der Waals surface area (Å²) in [5.41, 5.74) is 3.95. The number of unbranched alkanes of at least 4 members (excludes halogenated alkanes) is 1. The lowest BCUT2D eigenvalue weighted by atomic mass is 10.1. The lowest BCUT2D eigenvalue weighted by Crippen LogP contribution is -2.36. The fraction of sp³-hybridized carbons (Fsp3) is 0.545. The van der Waals surface area contributed by atoms with Crippen LogP contribution in [0.5, 0.6) is 0 Å². The maximum atomic E-state index is 5.48. The number of pyridine rings is 1. The molecule has 0 saturated carbocycles. The third kappa shape index (κ3) is 3.85. The first-order valence-corrected chi connectivity index (χ1v) is 5.22. The average molecular weight is 193 g/mol. The Labute approximate surface area is 85.7 Å². The minimum absolute atomic E-state index is 0.352. The highest BCUT2D eigenvalue weighted by molar-refractivity contribution is 5.05. The van der Waals surface area contributed by atoms with Gasteiger partial charge in [0.1, 0.15) is 0 Å².